The number of carbonyl (C=O) groups is 5. The zero-order valence-corrected chi connectivity index (χ0v) is 35.6. The second kappa shape index (κ2) is 14.7. The summed E-state index contributed by atoms with van der Waals surface area (Å²) in [5.41, 5.74) is -3.77. The number of fused-ring (bicyclic) bond motifs is 1. The SMILES string of the molecule is C=C[C@@H]1C[C@]1(NC(=O)[C@@H]1C[C@@]2(CN1C(=O)[C@@H](NC(=O)C(NC(=O)c1cnccn1)C1CCCCC1)C(C)(C)C)C(C)(C)C21CCC1)C(=O)NS(=O)(=O)NC(C)(C)C. The molecule has 4 aliphatic carbocycles. The molecule has 314 valence electrons. The van der Waals surface area contributed by atoms with Crippen LogP contribution in [0.5, 0.6) is 0 Å². The topological polar surface area (TPSA) is 209 Å². The van der Waals surface area contributed by atoms with E-state index >= 15 is 4.79 Å². The van der Waals surface area contributed by atoms with Crippen LogP contribution in [0, 0.1) is 33.5 Å². The van der Waals surface area contributed by atoms with E-state index < -0.39 is 80.3 Å². The Kier molecular flexibility index (Phi) is 11.0. The Morgan fingerprint density at radius 3 is 2.11 bits per heavy atom. The lowest BCUT2D eigenvalue weighted by atomic mass is 9.73. The first kappa shape index (κ1) is 42.7. The Hall–Kier alpha value is -3.92. The van der Waals surface area contributed by atoms with Gasteiger partial charge in [-0.2, -0.15) is 13.1 Å². The molecule has 2 heterocycles. The van der Waals surface area contributed by atoms with Gasteiger partial charge in [0.15, 0.2) is 0 Å². The van der Waals surface area contributed by atoms with Crippen LogP contribution in [0.25, 0.3) is 0 Å². The normalized spacial score (nSPS) is 28.7. The Balaban J connectivity index is 1.29. The average molecular weight is 811 g/mol. The Bertz CT molecular complexity index is 1900. The van der Waals surface area contributed by atoms with E-state index in [-0.39, 0.29) is 34.3 Å². The van der Waals surface area contributed by atoms with Gasteiger partial charge in [-0.05, 0) is 81.5 Å². The van der Waals surface area contributed by atoms with Crippen LogP contribution in [0.4, 0.5) is 0 Å². The Morgan fingerprint density at radius 1 is 0.930 bits per heavy atom. The largest absolute Gasteiger partial charge is 0.342 e. The minimum atomic E-state index is -4.28. The number of hydrogen-bond donors (Lipinski definition) is 5. The van der Waals surface area contributed by atoms with Crippen molar-refractivity contribution in [1.82, 2.24) is 40.3 Å². The fourth-order valence-corrected chi connectivity index (χ4v) is 11.9. The van der Waals surface area contributed by atoms with Gasteiger partial charge in [0.05, 0.1) is 6.20 Å². The van der Waals surface area contributed by atoms with Crippen molar-refractivity contribution in [2.75, 3.05) is 6.54 Å². The van der Waals surface area contributed by atoms with Gasteiger partial charge >= 0.3 is 10.2 Å². The molecule has 0 radical (unpaired) electrons. The number of hydrogen-bond acceptors (Lipinski definition) is 9. The number of amides is 5. The number of carbonyl (C=O) groups excluding carboxylic acids is 5. The molecule has 6 rings (SSSR count). The van der Waals surface area contributed by atoms with Gasteiger partial charge < -0.3 is 20.9 Å². The van der Waals surface area contributed by atoms with Crippen LogP contribution in [-0.4, -0.2) is 88.6 Å². The molecule has 16 heteroatoms. The van der Waals surface area contributed by atoms with Crippen molar-refractivity contribution in [2.24, 2.45) is 33.5 Å². The second-order valence-electron chi connectivity index (χ2n) is 19.9. The molecule has 0 aromatic carbocycles. The van der Waals surface area contributed by atoms with Crippen LogP contribution >= 0.6 is 0 Å². The van der Waals surface area contributed by atoms with Gasteiger partial charge in [0.2, 0.25) is 17.7 Å². The number of nitrogens with zero attached hydrogens (tertiary/aromatic N) is 3. The molecule has 57 heavy (non-hydrogen) atoms. The minimum Gasteiger partial charge on any atom is -0.342 e. The molecule has 5 amide bonds. The standard InChI is InChI=1S/C41H62N8O7S/c1-10-26-21-41(26,35(54)47-57(55,56)48-37(5,6)7)46-32(51)28-22-40(38(8,9)39(40)17-14-18-39)24-49(28)34(53)30(36(2,3)4)45-33(52)29(25-15-12-11-13-16-25)44-31(50)27-23-42-19-20-43-27/h10,19-20,23,25-26,28-30,48H,1,11-18,21-22,24H2,2-9H3,(H,44,50)(H,45,52)(H,46,51)(H,47,54)/t26-,28+,29?,30-,40-,41-/m1/s1. The number of likely N-dealkylation sites (tertiary alicyclic amines) is 1. The number of nitrogens with one attached hydrogen (secondary N) is 5. The van der Waals surface area contributed by atoms with E-state index in [0.717, 1.165) is 51.4 Å². The monoisotopic (exact) mass is 810 g/mol. The van der Waals surface area contributed by atoms with Gasteiger partial charge in [-0.1, -0.05) is 66.4 Å². The first-order valence-electron chi connectivity index (χ1n) is 20.4. The van der Waals surface area contributed by atoms with Gasteiger partial charge in [-0.25, -0.2) is 9.71 Å². The van der Waals surface area contributed by atoms with E-state index in [0.29, 0.717) is 13.0 Å². The van der Waals surface area contributed by atoms with Crippen molar-refractivity contribution >= 4 is 39.7 Å². The van der Waals surface area contributed by atoms with E-state index in [4.69, 9.17) is 0 Å². The van der Waals surface area contributed by atoms with Crippen LogP contribution in [0.3, 0.4) is 0 Å². The van der Waals surface area contributed by atoms with E-state index in [2.05, 4.69) is 55.8 Å². The van der Waals surface area contributed by atoms with Crippen LogP contribution in [-0.2, 0) is 29.4 Å². The summed E-state index contributed by atoms with van der Waals surface area (Å²) in [4.78, 5) is 81.0. The first-order chi connectivity index (χ1) is 26.4. The number of aromatic nitrogens is 2. The molecule has 0 bridgehead atoms. The molecule has 4 saturated carbocycles. The number of rotatable bonds is 12. The molecule has 1 aliphatic heterocycles. The third-order valence-corrected chi connectivity index (χ3v) is 15.3. The fraction of sp³-hybridized carbons (Fsp3) is 0.732. The molecule has 5 N–H and O–H groups in total. The third-order valence-electron chi connectivity index (χ3n) is 14.0. The van der Waals surface area contributed by atoms with Gasteiger partial charge in [0, 0.05) is 35.8 Å². The van der Waals surface area contributed by atoms with Crippen LogP contribution in [0.15, 0.2) is 31.2 Å². The highest BCUT2D eigenvalue weighted by atomic mass is 32.2. The van der Waals surface area contributed by atoms with Crippen LogP contribution < -0.4 is 25.4 Å². The summed E-state index contributed by atoms with van der Waals surface area (Å²) in [6.45, 7) is 19.0. The lowest BCUT2D eigenvalue weighted by molar-refractivity contribution is -0.145. The molecule has 5 fully saturated rings. The highest BCUT2D eigenvalue weighted by Gasteiger charge is 2.85. The summed E-state index contributed by atoms with van der Waals surface area (Å²) in [6, 6.07) is -3.01. The smallest absolute Gasteiger partial charge is 0.301 e. The quantitative estimate of drug-likeness (QED) is 0.196. The maximum atomic E-state index is 15.1. The van der Waals surface area contributed by atoms with E-state index in [1.54, 1.807) is 25.7 Å². The van der Waals surface area contributed by atoms with E-state index in [1.807, 2.05) is 20.8 Å². The highest BCUT2D eigenvalue weighted by molar-refractivity contribution is 7.88. The summed E-state index contributed by atoms with van der Waals surface area (Å²) in [6.07, 6.45) is 13.6. The Morgan fingerprint density at radius 2 is 1.60 bits per heavy atom. The summed E-state index contributed by atoms with van der Waals surface area (Å²) in [5.74, 6) is -3.59. The van der Waals surface area contributed by atoms with Crippen molar-refractivity contribution in [1.29, 1.82) is 0 Å². The molecule has 6 atom stereocenters. The van der Waals surface area contributed by atoms with Crippen molar-refractivity contribution in [3.05, 3.63) is 36.9 Å². The maximum Gasteiger partial charge on any atom is 0.301 e. The van der Waals surface area contributed by atoms with Crippen molar-refractivity contribution in [3.8, 4) is 0 Å². The van der Waals surface area contributed by atoms with Crippen molar-refractivity contribution < 1.29 is 32.4 Å². The lowest BCUT2D eigenvalue weighted by Crippen LogP contribution is -2.62. The predicted molar refractivity (Wildman–Crippen MR) is 213 cm³/mol. The molecule has 2 spiro atoms. The molecule has 1 saturated heterocycles. The lowest BCUT2D eigenvalue weighted by Gasteiger charge is -2.38. The maximum absolute atomic E-state index is 15.1. The molecule has 15 nitrogen and oxygen atoms in total. The first-order valence-corrected chi connectivity index (χ1v) is 21.9. The third kappa shape index (κ3) is 7.72. The predicted octanol–water partition coefficient (Wildman–Crippen LogP) is 3.29. The zero-order chi connectivity index (χ0) is 42.0. The highest BCUT2D eigenvalue weighted by Crippen LogP contribution is 2.88. The van der Waals surface area contributed by atoms with Crippen LogP contribution in [0.2, 0.25) is 0 Å². The van der Waals surface area contributed by atoms with Gasteiger partial charge in [0.1, 0.15) is 29.4 Å². The minimum absolute atomic E-state index is 0.0459. The fourth-order valence-electron chi connectivity index (χ4n) is 10.6. The molecule has 1 unspecified atom stereocenters. The summed E-state index contributed by atoms with van der Waals surface area (Å²) < 4.78 is 30.4. The van der Waals surface area contributed by atoms with Crippen molar-refractivity contribution in [3.63, 3.8) is 0 Å². The summed E-state index contributed by atoms with van der Waals surface area (Å²) in [5, 5.41) is 8.84. The molecule has 5 aliphatic rings. The molecule has 1 aromatic rings. The van der Waals surface area contributed by atoms with E-state index in [9.17, 15) is 27.6 Å². The van der Waals surface area contributed by atoms with E-state index in [1.165, 1.54) is 24.7 Å². The van der Waals surface area contributed by atoms with Crippen molar-refractivity contribution in [2.45, 2.75) is 149 Å². The molecular weight excluding hydrogens is 749 g/mol. The Labute approximate surface area is 337 Å². The molecular formula is C41H62N8O7S. The van der Waals surface area contributed by atoms with Gasteiger partial charge in [0.25, 0.3) is 11.8 Å². The summed E-state index contributed by atoms with van der Waals surface area (Å²) in [7, 11) is -4.28. The van der Waals surface area contributed by atoms with Crippen LogP contribution in [0.1, 0.15) is 130 Å². The van der Waals surface area contributed by atoms with Gasteiger partial charge in [-0.15, -0.1) is 6.58 Å². The average Bonchev–Trinajstić information content (AvgIpc) is 3.83. The van der Waals surface area contributed by atoms with Gasteiger partial charge in [-0.3, -0.25) is 29.0 Å². The zero-order valence-electron chi connectivity index (χ0n) is 34.8. The summed E-state index contributed by atoms with van der Waals surface area (Å²) >= 11 is 0. The second-order valence-corrected chi connectivity index (χ2v) is 21.3. The molecule has 1 aromatic heterocycles.